The average molecular weight is 596 g/mol. The summed E-state index contributed by atoms with van der Waals surface area (Å²) in [7, 11) is 1.70. The minimum Gasteiger partial charge on any atom is -0.487 e. The van der Waals surface area contributed by atoms with Gasteiger partial charge in [-0.15, -0.1) is 0 Å². The lowest BCUT2D eigenvalue weighted by molar-refractivity contribution is 0.0371. The first kappa shape index (κ1) is 30.4. The van der Waals surface area contributed by atoms with Crippen LogP contribution in [-0.4, -0.2) is 71.8 Å². The van der Waals surface area contributed by atoms with E-state index in [1.807, 2.05) is 67.6 Å². The fourth-order valence-electron chi connectivity index (χ4n) is 5.23. The van der Waals surface area contributed by atoms with Crippen molar-refractivity contribution in [1.82, 2.24) is 9.80 Å². The molecule has 5 rings (SSSR count). The molecule has 44 heavy (non-hydrogen) atoms. The number of fused-ring (bicyclic) bond motifs is 2. The van der Waals surface area contributed by atoms with Crippen LogP contribution < -0.4 is 20.7 Å². The maximum Gasteiger partial charge on any atom is 0.323 e. The molecule has 10 heteroatoms. The number of nitrogens with zero attached hydrogens (tertiary/aromatic N) is 2. The first-order chi connectivity index (χ1) is 21.2. The van der Waals surface area contributed by atoms with Crippen LogP contribution in [0.25, 0.3) is 10.8 Å². The minimum atomic E-state index is -0.473. The van der Waals surface area contributed by atoms with Gasteiger partial charge in [0.05, 0.1) is 30.4 Å². The molecule has 1 aliphatic heterocycles. The topological polar surface area (TPSA) is 123 Å². The second-order valence-corrected chi connectivity index (χ2v) is 11.1. The van der Waals surface area contributed by atoms with E-state index in [9.17, 15) is 19.5 Å². The van der Waals surface area contributed by atoms with Gasteiger partial charge in [-0.05, 0) is 48.7 Å². The number of para-hydroxylation sites is 1. The summed E-state index contributed by atoms with van der Waals surface area (Å²) in [5, 5.41) is 20.5. The number of aliphatic hydroxyl groups excluding tert-OH is 1. The van der Waals surface area contributed by atoms with Crippen molar-refractivity contribution in [3.05, 3.63) is 96.6 Å². The molecule has 1 aliphatic rings. The van der Waals surface area contributed by atoms with E-state index >= 15 is 0 Å². The van der Waals surface area contributed by atoms with Crippen molar-refractivity contribution in [2.75, 3.05) is 42.7 Å². The summed E-state index contributed by atoms with van der Waals surface area (Å²) >= 11 is 0. The van der Waals surface area contributed by atoms with Crippen molar-refractivity contribution in [3.63, 3.8) is 0 Å². The molecule has 5 amide bonds. The van der Waals surface area contributed by atoms with Crippen LogP contribution in [0.4, 0.5) is 26.7 Å². The first-order valence-electron chi connectivity index (χ1n) is 14.6. The fourth-order valence-corrected chi connectivity index (χ4v) is 5.23. The Hall–Kier alpha value is -5.09. The highest BCUT2D eigenvalue weighted by molar-refractivity contribution is 6.03. The molecule has 0 saturated carbocycles. The molecular formula is C34H37N5O5. The number of urea groups is 2. The van der Waals surface area contributed by atoms with E-state index in [2.05, 4.69) is 16.0 Å². The lowest BCUT2D eigenvalue weighted by atomic mass is 9.99. The second kappa shape index (κ2) is 13.5. The van der Waals surface area contributed by atoms with Gasteiger partial charge in [-0.1, -0.05) is 61.5 Å². The van der Waals surface area contributed by atoms with Crippen molar-refractivity contribution < 1.29 is 24.2 Å². The fraction of sp³-hybridized carbons (Fsp3) is 0.265. The molecule has 0 saturated heterocycles. The highest BCUT2D eigenvalue weighted by atomic mass is 16.5. The summed E-state index contributed by atoms with van der Waals surface area (Å²) in [5.74, 6) is -0.164. The first-order valence-corrected chi connectivity index (χ1v) is 14.6. The van der Waals surface area contributed by atoms with Gasteiger partial charge in [-0.2, -0.15) is 0 Å². The van der Waals surface area contributed by atoms with Gasteiger partial charge in [0.2, 0.25) is 0 Å². The van der Waals surface area contributed by atoms with Gasteiger partial charge in [0.15, 0.2) is 0 Å². The smallest absolute Gasteiger partial charge is 0.323 e. The van der Waals surface area contributed by atoms with Gasteiger partial charge in [0, 0.05) is 36.3 Å². The summed E-state index contributed by atoms with van der Waals surface area (Å²) < 4.78 is 6.42. The molecule has 228 valence electrons. The highest BCUT2D eigenvalue weighted by Crippen LogP contribution is 2.31. The number of ether oxygens (including phenoxy) is 1. The van der Waals surface area contributed by atoms with Crippen molar-refractivity contribution in [3.8, 4) is 5.75 Å². The normalized spacial score (nSPS) is 17.0. The molecule has 1 heterocycles. The van der Waals surface area contributed by atoms with Gasteiger partial charge in [-0.25, -0.2) is 9.59 Å². The molecular weight excluding hydrogens is 558 g/mol. The van der Waals surface area contributed by atoms with Crippen molar-refractivity contribution in [2.45, 2.75) is 26.0 Å². The molecule has 3 atom stereocenters. The summed E-state index contributed by atoms with van der Waals surface area (Å²) in [6.07, 6.45) is -0.473. The molecule has 4 aromatic carbocycles. The lowest BCUT2D eigenvalue weighted by Crippen LogP contribution is -2.50. The largest absolute Gasteiger partial charge is 0.487 e. The van der Waals surface area contributed by atoms with Crippen LogP contribution in [0, 0.1) is 5.92 Å². The molecule has 4 aromatic rings. The lowest BCUT2D eigenvalue weighted by Gasteiger charge is -2.38. The van der Waals surface area contributed by atoms with Gasteiger partial charge < -0.3 is 35.6 Å². The molecule has 0 radical (unpaired) electrons. The molecule has 0 unspecified atom stereocenters. The van der Waals surface area contributed by atoms with Crippen molar-refractivity contribution in [2.24, 2.45) is 5.92 Å². The average Bonchev–Trinajstić information content (AvgIpc) is 3.03. The van der Waals surface area contributed by atoms with Crippen molar-refractivity contribution >= 4 is 45.8 Å². The third-order valence-corrected chi connectivity index (χ3v) is 7.79. The number of likely N-dealkylation sites (N-methyl/N-ethyl adjacent to an activating group) is 1. The Balaban J connectivity index is 1.36. The predicted octanol–water partition coefficient (Wildman–Crippen LogP) is 5.87. The summed E-state index contributed by atoms with van der Waals surface area (Å²) in [4.78, 5) is 42.9. The van der Waals surface area contributed by atoms with Crippen LogP contribution in [0.2, 0.25) is 0 Å². The van der Waals surface area contributed by atoms with Gasteiger partial charge >= 0.3 is 12.1 Å². The Labute approximate surface area is 256 Å². The van der Waals surface area contributed by atoms with Gasteiger partial charge in [0.25, 0.3) is 5.91 Å². The number of hydrogen-bond donors (Lipinski definition) is 4. The molecule has 0 bridgehead atoms. The van der Waals surface area contributed by atoms with E-state index in [1.165, 1.54) is 0 Å². The molecule has 10 nitrogen and oxygen atoms in total. The zero-order valence-corrected chi connectivity index (χ0v) is 25.0. The number of anilines is 3. The van der Waals surface area contributed by atoms with E-state index in [1.54, 1.807) is 54.1 Å². The number of carbonyl (C=O) groups excluding carboxylic acids is 3. The van der Waals surface area contributed by atoms with E-state index in [0.29, 0.717) is 29.4 Å². The zero-order valence-electron chi connectivity index (χ0n) is 25.0. The molecule has 0 fully saturated rings. The van der Waals surface area contributed by atoms with Crippen LogP contribution in [0.15, 0.2) is 91.0 Å². The number of hydrogen-bond acceptors (Lipinski definition) is 5. The predicted molar refractivity (Wildman–Crippen MR) is 172 cm³/mol. The summed E-state index contributed by atoms with van der Waals surface area (Å²) in [6.45, 7) is 4.06. The SMILES string of the molecule is C[C@H](CO)N1C[C@H](C)[C@@H](CN(C)C(=O)Nc2cccc3ccccc23)Oc2ccc(NC(=O)Nc3ccccc3)cc2C1=O. The van der Waals surface area contributed by atoms with E-state index < -0.39 is 18.2 Å². The van der Waals surface area contributed by atoms with Crippen LogP contribution >= 0.6 is 0 Å². The monoisotopic (exact) mass is 595 g/mol. The Morgan fingerprint density at radius 1 is 0.955 bits per heavy atom. The number of rotatable bonds is 7. The number of nitrogens with one attached hydrogen (secondary N) is 3. The van der Waals surface area contributed by atoms with Gasteiger partial charge in [-0.3, -0.25) is 4.79 Å². The standard InChI is InChI=1S/C34H37N5O5/c1-22-19-39(23(2)21-40)32(41)28-18-26(36-33(42)35-25-12-5-4-6-13-25)16-17-30(28)44-31(22)20-38(3)34(43)37-29-15-9-11-24-10-7-8-14-27(24)29/h4-18,22-23,31,40H,19-21H2,1-3H3,(H,37,43)(H2,35,36,42)/t22-,23+,31+/m0/s1. The third kappa shape index (κ3) is 6.92. The number of benzene rings is 4. The maximum atomic E-state index is 13.7. The number of aliphatic hydroxyl groups is 1. The van der Waals surface area contributed by atoms with Crippen LogP contribution in [-0.2, 0) is 0 Å². The Morgan fingerprint density at radius 2 is 1.66 bits per heavy atom. The molecule has 0 aliphatic carbocycles. The molecule has 4 N–H and O–H groups in total. The highest BCUT2D eigenvalue weighted by Gasteiger charge is 2.34. The second-order valence-electron chi connectivity index (χ2n) is 11.1. The molecule has 0 aromatic heterocycles. The third-order valence-electron chi connectivity index (χ3n) is 7.79. The summed E-state index contributed by atoms with van der Waals surface area (Å²) in [5.41, 5.74) is 2.00. The molecule has 0 spiro atoms. The summed E-state index contributed by atoms with van der Waals surface area (Å²) in [6, 6.07) is 26.3. The Kier molecular flexibility index (Phi) is 9.30. The number of amides is 5. The Morgan fingerprint density at radius 3 is 2.43 bits per heavy atom. The van der Waals surface area contributed by atoms with Gasteiger partial charge in [0.1, 0.15) is 11.9 Å². The van der Waals surface area contributed by atoms with Crippen molar-refractivity contribution in [1.29, 1.82) is 0 Å². The van der Waals surface area contributed by atoms with Crippen LogP contribution in [0.5, 0.6) is 5.75 Å². The van der Waals surface area contributed by atoms with Crippen LogP contribution in [0.3, 0.4) is 0 Å². The zero-order chi connectivity index (χ0) is 31.2. The van der Waals surface area contributed by atoms with Crippen LogP contribution in [0.1, 0.15) is 24.2 Å². The number of carbonyl (C=O) groups is 3. The van der Waals surface area contributed by atoms with E-state index in [-0.39, 0.29) is 36.6 Å². The Bertz CT molecular complexity index is 1640. The maximum absolute atomic E-state index is 13.7. The quantitative estimate of drug-likeness (QED) is 0.213. The van der Waals surface area contributed by atoms with E-state index in [0.717, 1.165) is 10.8 Å². The minimum absolute atomic E-state index is 0.177. The van der Waals surface area contributed by atoms with E-state index in [4.69, 9.17) is 4.74 Å².